The van der Waals surface area contributed by atoms with Gasteiger partial charge in [0.2, 0.25) is 0 Å². The summed E-state index contributed by atoms with van der Waals surface area (Å²) in [6.45, 7) is 2.38. The first kappa shape index (κ1) is 9.15. The number of amides is 1. The van der Waals surface area contributed by atoms with E-state index in [4.69, 9.17) is 11.5 Å². The summed E-state index contributed by atoms with van der Waals surface area (Å²) in [6, 6.07) is 0. The van der Waals surface area contributed by atoms with E-state index in [1.807, 2.05) is 6.92 Å². The van der Waals surface area contributed by atoms with Crippen molar-refractivity contribution in [2.75, 3.05) is 6.54 Å². The van der Waals surface area contributed by atoms with Crippen molar-refractivity contribution < 1.29 is 4.79 Å². The van der Waals surface area contributed by atoms with Crippen LogP contribution in [0.3, 0.4) is 0 Å². The fraction of sp³-hybridized carbons (Fsp3) is 0.429. The minimum absolute atomic E-state index is 0.378. The van der Waals surface area contributed by atoms with Gasteiger partial charge in [0, 0.05) is 11.3 Å². The Labute approximate surface area is 74.6 Å². The maximum atomic E-state index is 10.8. The van der Waals surface area contributed by atoms with Gasteiger partial charge in [-0.3, -0.25) is 4.79 Å². The second kappa shape index (κ2) is 3.64. The van der Waals surface area contributed by atoms with Crippen LogP contribution in [0.5, 0.6) is 0 Å². The fourth-order valence-electron chi connectivity index (χ4n) is 0.910. The van der Waals surface area contributed by atoms with E-state index in [1.54, 1.807) is 0 Å². The molecule has 1 amide bonds. The fourth-order valence-corrected chi connectivity index (χ4v) is 1.86. The lowest BCUT2D eigenvalue weighted by Gasteiger charge is -1.87. The van der Waals surface area contributed by atoms with E-state index in [0.717, 1.165) is 9.88 Å². The van der Waals surface area contributed by atoms with E-state index < -0.39 is 5.91 Å². The molecule has 0 saturated carbocycles. The Bertz CT molecular complexity index is 295. The van der Waals surface area contributed by atoms with E-state index in [0.29, 0.717) is 18.7 Å². The van der Waals surface area contributed by atoms with Crippen LogP contribution in [0.1, 0.15) is 20.4 Å². The summed E-state index contributed by atoms with van der Waals surface area (Å²) in [5.74, 6) is -0.466. The molecule has 0 atom stereocenters. The van der Waals surface area contributed by atoms with Gasteiger partial charge in [0.25, 0.3) is 5.91 Å². The number of nitrogens with zero attached hydrogens (tertiary/aromatic N) is 1. The minimum atomic E-state index is -0.466. The first-order valence-corrected chi connectivity index (χ1v) is 4.43. The maximum Gasteiger partial charge on any atom is 0.268 e. The van der Waals surface area contributed by atoms with Gasteiger partial charge < -0.3 is 11.5 Å². The SMILES string of the molecule is Cc1sc(CCN)nc1C(N)=O. The van der Waals surface area contributed by atoms with Crippen molar-refractivity contribution in [1.29, 1.82) is 0 Å². The van der Waals surface area contributed by atoms with Gasteiger partial charge in [-0.1, -0.05) is 0 Å². The zero-order chi connectivity index (χ0) is 9.14. The molecule has 0 aliphatic carbocycles. The number of carbonyl (C=O) groups is 1. The van der Waals surface area contributed by atoms with Crippen LogP contribution in [0, 0.1) is 6.92 Å². The normalized spacial score (nSPS) is 10.2. The summed E-state index contributed by atoms with van der Waals surface area (Å²) in [5.41, 5.74) is 10.8. The molecular weight excluding hydrogens is 174 g/mol. The van der Waals surface area contributed by atoms with Crippen molar-refractivity contribution >= 4 is 17.2 Å². The molecule has 1 heterocycles. The Morgan fingerprint density at radius 1 is 1.67 bits per heavy atom. The highest BCUT2D eigenvalue weighted by atomic mass is 32.1. The molecule has 1 aromatic rings. The molecule has 4 N–H and O–H groups in total. The quantitative estimate of drug-likeness (QED) is 0.698. The smallest absolute Gasteiger partial charge is 0.268 e. The van der Waals surface area contributed by atoms with Crippen molar-refractivity contribution in [3.05, 3.63) is 15.6 Å². The lowest BCUT2D eigenvalue weighted by atomic mass is 10.3. The van der Waals surface area contributed by atoms with Crippen molar-refractivity contribution in [3.8, 4) is 0 Å². The van der Waals surface area contributed by atoms with Gasteiger partial charge in [-0.2, -0.15) is 0 Å². The number of nitrogens with two attached hydrogens (primary N) is 2. The van der Waals surface area contributed by atoms with Crippen LogP contribution in [-0.4, -0.2) is 17.4 Å². The molecule has 4 nitrogen and oxygen atoms in total. The number of primary amides is 1. The largest absolute Gasteiger partial charge is 0.364 e. The third-order valence-electron chi connectivity index (χ3n) is 1.43. The van der Waals surface area contributed by atoms with Crippen molar-refractivity contribution in [3.63, 3.8) is 0 Å². The third kappa shape index (κ3) is 1.80. The molecule has 0 radical (unpaired) electrons. The van der Waals surface area contributed by atoms with E-state index in [-0.39, 0.29) is 0 Å². The van der Waals surface area contributed by atoms with Gasteiger partial charge in [-0.05, 0) is 13.5 Å². The average molecular weight is 185 g/mol. The van der Waals surface area contributed by atoms with E-state index >= 15 is 0 Å². The minimum Gasteiger partial charge on any atom is -0.364 e. The Morgan fingerprint density at radius 2 is 2.33 bits per heavy atom. The van der Waals surface area contributed by atoms with Crippen molar-refractivity contribution in [1.82, 2.24) is 4.98 Å². The number of thiazole rings is 1. The van der Waals surface area contributed by atoms with Crippen LogP contribution in [0.2, 0.25) is 0 Å². The predicted molar refractivity (Wildman–Crippen MR) is 48.1 cm³/mol. The van der Waals surface area contributed by atoms with Gasteiger partial charge in [0.15, 0.2) is 0 Å². The van der Waals surface area contributed by atoms with Crippen LogP contribution in [0.15, 0.2) is 0 Å². The first-order chi connectivity index (χ1) is 5.65. The summed E-state index contributed by atoms with van der Waals surface area (Å²) < 4.78 is 0. The predicted octanol–water partition coefficient (Wildman–Crippen LogP) is 0.0516. The standard InChI is InChI=1S/C7H11N3OS/c1-4-6(7(9)11)10-5(12-4)2-3-8/h2-3,8H2,1H3,(H2,9,11). The highest BCUT2D eigenvalue weighted by molar-refractivity contribution is 7.11. The number of hydrogen-bond acceptors (Lipinski definition) is 4. The molecule has 0 bridgehead atoms. The van der Waals surface area contributed by atoms with Crippen LogP contribution >= 0.6 is 11.3 Å². The molecule has 5 heteroatoms. The number of hydrogen-bond donors (Lipinski definition) is 2. The van der Waals surface area contributed by atoms with E-state index in [2.05, 4.69) is 4.98 Å². The molecule has 0 unspecified atom stereocenters. The average Bonchev–Trinajstić information content (AvgIpc) is 2.32. The van der Waals surface area contributed by atoms with Crippen LogP contribution in [0.25, 0.3) is 0 Å². The van der Waals surface area contributed by atoms with Crippen LogP contribution < -0.4 is 11.5 Å². The summed E-state index contributed by atoms with van der Waals surface area (Å²) in [5, 5.41) is 0.879. The molecule has 0 aromatic carbocycles. The zero-order valence-electron chi connectivity index (χ0n) is 6.83. The third-order valence-corrected chi connectivity index (χ3v) is 2.46. The Balaban J connectivity index is 2.92. The highest BCUT2D eigenvalue weighted by Gasteiger charge is 2.11. The summed E-state index contributed by atoms with van der Waals surface area (Å²) in [7, 11) is 0. The van der Waals surface area contributed by atoms with Crippen LogP contribution in [0.4, 0.5) is 0 Å². The van der Waals surface area contributed by atoms with Gasteiger partial charge >= 0.3 is 0 Å². The monoisotopic (exact) mass is 185 g/mol. The molecule has 12 heavy (non-hydrogen) atoms. The first-order valence-electron chi connectivity index (χ1n) is 3.61. The molecule has 0 fully saturated rings. The topological polar surface area (TPSA) is 82.0 Å². The Kier molecular flexibility index (Phi) is 2.78. The van der Waals surface area contributed by atoms with E-state index in [1.165, 1.54) is 11.3 Å². The van der Waals surface area contributed by atoms with Gasteiger partial charge in [-0.25, -0.2) is 4.98 Å². The Morgan fingerprint density at radius 3 is 2.75 bits per heavy atom. The molecule has 66 valence electrons. The molecule has 1 aromatic heterocycles. The summed E-state index contributed by atoms with van der Waals surface area (Å²) in [6.07, 6.45) is 0.707. The molecule has 0 spiro atoms. The summed E-state index contributed by atoms with van der Waals surface area (Å²) in [4.78, 5) is 15.7. The number of carbonyl (C=O) groups excluding carboxylic acids is 1. The molecule has 0 aliphatic heterocycles. The lowest BCUT2D eigenvalue weighted by molar-refractivity contribution is 0.0995. The maximum absolute atomic E-state index is 10.8. The zero-order valence-corrected chi connectivity index (χ0v) is 7.65. The van der Waals surface area contributed by atoms with Gasteiger partial charge in [-0.15, -0.1) is 11.3 Å². The summed E-state index contributed by atoms with van der Waals surface area (Å²) >= 11 is 1.48. The lowest BCUT2D eigenvalue weighted by Crippen LogP contribution is -2.13. The second-order valence-electron chi connectivity index (χ2n) is 2.42. The molecule has 1 rings (SSSR count). The van der Waals surface area contributed by atoms with E-state index in [9.17, 15) is 4.79 Å². The molecular formula is C7H11N3OS. The van der Waals surface area contributed by atoms with Crippen molar-refractivity contribution in [2.45, 2.75) is 13.3 Å². The van der Waals surface area contributed by atoms with Gasteiger partial charge in [0.05, 0.1) is 5.01 Å². The number of aryl methyl sites for hydroxylation is 1. The highest BCUT2D eigenvalue weighted by Crippen LogP contribution is 2.16. The van der Waals surface area contributed by atoms with Gasteiger partial charge in [0.1, 0.15) is 5.69 Å². The van der Waals surface area contributed by atoms with Crippen molar-refractivity contribution in [2.24, 2.45) is 11.5 Å². The Hall–Kier alpha value is -0.940. The number of aromatic nitrogens is 1. The second-order valence-corrected chi connectivity index (χ2v) is 3.70. The number of rotatable bonds is 3. The molecule has 0 saturated heterocycles. The molecule has 0 aliphatic rings. The van der Waals surface area contributed by atoms with Crippen LogP contribution in [-0.2, 0) is 6.42 Å².